The van der Waals surface area contributed by atoms with Gasteiger partial charge >= 0.3 is 0 Å². The summed E-state index contributed by atoms with van der Waals surface area (Å²) in [5, 5.41) is 3.39. The fourth-order valence-electron chi connectivity index (χ4n) is 1.63. The lowest BCUT2D eigenvalue weighted by atomic mass is 10.2. The van der Waals surface area contributed by atoms with Crippen LogP contribution in [0.1, 0.15) is 40.0 Å². The molecule has 0 saturated carbocycles. The molecule has 0 aromatic rings. The first-order valence-corrected chi connectivity index (χ1v) is 5.66. The number of ether oxygens (including phenoxy) is 2. The summed E-state index contributed by atoms with van der Waals surface area (Å²) < 4.78 is 11.1. The van der Waals surface area contributed by atoms with Gasteiger partial charge in [-0.15, -0.1) is 0 Å². The van der Waals surface area contributed by atoms with Crippen molar-refractivity contribution >= 4 is 0 Å². The lowest BCUT2D eigenvalue weighted by molar-refractivity contribution is -0.137. The molecule has 0 spiro atoms. The molecule has 1 unspecified atom stereocenters. The molecule has 0 amide bonds. The molecule has 0 aromatic heterocycles. The molecule has 0 aromatic carbocycles. The average Bonchev–Trinajstić information content (AvgIpc) is 2.45. The van der Waals surface area contributed by atoms with Crippen LogP contribution in [-0.2, 0) is 9.47 Å². The highest BCUT2D eigenvalue weighted by Gasteiger charge is 2.31. The smallest absolute Gasteiger partial charge is 0.163 e. The van der Waals surface area contributed by atoms with Gasteiger partial charge in [0.2, 0.25) is 0 Å². The summed E-state index contributed by atoms with van der Waals surface area (Å²) >= 11 is 0. The summed E-state index contributed by atoms with van der Waals surface area (Å²) in [6, 6.07) is 0. The fourth-order valence-corrected chi connectivity index (χ4v) is 1.63. The van der Waals surface area contributed by atoms with Crippen LogP contribution in [0.15, 0.2) is 0 Å². The van der Waals surface area contributed by atoms with Gasteiger partial charge in [-0.1, -0.05) is 19.8 Å². The molecular weight excluding hydrogens is 178 g/mol. The number of rotatable bonds is 6. The van der Waals surface area contributed by atoms with Crippen molar-refractivity contribution in [1.29, 1.82) is 0 Å². The summed E-state index contributed by atoms with van der Waals surface area (Å²) in [7, 11) is 0. The minimum atomic E-state index is -0.379. The number of hydrogen-bond donors (Lipinski definition) is 1. The Morgan fingerprint density at radius 1 is 1.36 bits per heavy atom. The van der Waals surface area contributed by atoms with Crippen LogP contribution in [0.2, 0.25) is 0 Å². The zero-order valence-electron chi connectivity index (χ0n) is 9.64. The van der Waals surface area contributed by atoms with Gasteiger partial charge in [0.15, 0.2) is 5.79 Å². The van der Waals surface area contributed by atoms with Gasteiger partial charge in [-0.25, -0.2) is 0 Å². The van der Waals surface area contributed by atoms with Gasteiger partial charge in [-0.3, -0.25) is 0 Å². The Bertz CT molecular complexity index is 159. The summed E-state index contributed by atoms with van der Waals surface area (Å²) in [6.07, 6.45) is 4.07. The van der Waals surface area contributed by atoms with E-state index in [2.05, 4.69) is 12.2 Å². The van der Waals surface area contributed by atoms with Crippen molar-refractivity contribution in [2.24, 2.45) is 0 Å². The lowest BCUT2D eigenvalue weighted by Crippen LogP contribution is -2.31. The lowest BCUT2D eigenvalue weighted by Gasteiger charge is -2.17. The van der Waals surface area contributed by atoms with Gasteiger partial charge in [-0.05, 0) is 26.8 Å². The molecule has 3 heteroatoms. The van der Waals surface area contributed by atoms with E-state index in [1.807, 2.05) is 13.8 Å². The van der Waals surface area contributed by atoms with Crippen molar-refractivity contribution < 1.29 is 9.47 Å². The first kappa shape index (κ1) is 12.0. The fraction of sp³-hybridized carbons (Fsp3) is 1.00. The second-order valence-corrected chi connectivity index (χ2v) is 4.36. The predicted molar refractivity (Wildman–Crippen MR) is 57.3 cm³/mol. The van der Waals surface area contributed by atoms with Crippen LogP contribution >= 0.6 is 0 Å². The third kappa shape index (κ3) is 4.40. The molecule has 0 bridgehead atoms. The van der Waals surface area contributed by atoms with E-state index in [1.54, 1.807) is 0 Å². The zero-order valence-corrected chi connectivity index (χ0v) is 9.64. The van der Waals surface area contributed by atoms with E-state index in [0.717, 1.165) is 13.1 Å². The highest BCUT2D eigenvalue weighted by atomic mass is 16.7. The van der Waals surface area contributed by atoms with Crippen molar-refractivity contribution in [3.05, 3.63) is 0 Å². The van der Waals surface area contributed by atoms with Crippen LogP contribution in [0.3, 0.4) is 0 Å². The molecular formula is C11H23NO2. The maximum absolute atomic E-state index is 5.67. The molecule has 0 aliphatic carbocycles. The molecule has 1 rings (SSSR count). The quantitative estimate of drug-likeness (QED) is 0.666. The molecule has 1 N–H and O–H groups in total. The third-order valence-corrected chi connectivity index (χ3v) is 2.40. The Morgan fingerprint density at radius 2 is 2.14 bits per heavy atom. The van der Waals surface area contributed by atoms with E-state index in [0.29, 0.717) is 6.61 Å². The van der Waals surface area contributed by atoms with Crippen LogP contribution in [-0.4, -0.2) is 31.6 Å². The highest BCUT2D eigenvalue weighted by molar-refractivity contribution is 4.72. The van der Waals surface area contributed by atoms with Gasteiger partial charge in [0.25, 0.3) is 0 Å². The first-order valence-electron chi connectivity index (χ1n) is 5.66. The summed E-state index contributed by atoms with van der Waals surface area (Å²) in [4.78, 5) is 0. The zero-order chi connectivity index (χ0) is 10.4. The second-order valence-electron chi connectivity index (χ2n) is 4.36. The molecule has 0 radical (unpaired) electrons. The Labute approximate surface area is 87.2 Å². The van der Waals surface area contributed by atoms with Gasteiger partial charge in [-0.2, -0.15) is 0 Å². The van der Waals surface area contributed by atoms with E-state index < -0.39 is 0 Å². The molecule has 1 fully saturated rings. The van der Waals surface area contributed by atoms with Crippen LogP contribution in [0, 0.1) is 0 Å². The summed E-state index contributed by atoms with van der Waals surface area (Å²) in [5.41, 5.74) is 0. The largest absolute Gasteiger partial charge is 0.348 e. The van der Waals surface area contributed by atoms with E-state index in [4.69, 9.17) is 9.47 Å². The second kappa shape index (κ2) is 5.69. The maximum atomic E-state index is 5.67. The minimum absolute atomic E-state index is 0.228. The molecule has 1 aliphatic rings. The molecule has 14 heavy (non-hydrogen) atoms. The summed E-state index contributed by atoms with van der Waals surface area (Å²) in [6.45, 7) is 8.86. The van der Waals surface area contributed by atoms with Gasteiger partial charge in [0, 0.05) is 6.54 Å². The monoisotopic (exact) mass is 201 g/mol. The van der Waals surface area contributed by atoms with Crippen molar-refractivity contribution in [2.45, 2.75) is 51.9 Å². The molecule has 3 nitrogen and oxygen atoms in total. The van der Waals surface area contributed by atoms with E-state index >= 15 is 0 Å². The number of nitrogens with one attached hydrogen (secondary N) is 1. The minimum Gasteiger partial charge on any atom is -0.348 e. The molecule has 1 heterocycles. The Balaban J connectivity index is 1.98. The topological polar surface area (TPSA) is 30.5 Å². The first-order chi connectivity index (χ1) is 6.64. The number of unbranched alkanes of at least 4 members (excludes halogenated alkanes) is 2. The van der Waals surface area contributed by atoms with Crippen molar-refractivity contribution in [2.75, 3.05) is 19.7 Å². The maximum Gasteiger partial charge on any atom is 0.163 e. The van der Waals surface area contributed by atoms with E-state index in [9.17, 15) is 0 Å². The third-order valence-electron chi connectivity index (χ3n) is 2.40. The van der Waals surface area contributed by atoms with Crippen molar-refractivity contribution in [3.63, 3.8) is 0 Å². The van der Waals surface area contributed by atoms with E-state index in [1.165, 1.54) is 19.3 Å². The van der Waals surface area contributed by atoms with E-state index in [-0.39, 0.29) is 11.9 Å². The SMILES string of the molecule is CCCCCNCC1COC(C)(C)O1. The molecule has 1 aliphatic heterocycles. The standard InChI is InChI=1S/C11H23NO2/c1-4-5-6-7-12-8-10-9-13-11(2,3)14-10/h10,12H,4-9H2,1-3H3. The average molecular weight is 201 g/mol. The molecule has 84 valence electrons. The molecule has 1 atom stereocenters. The van der Waals surface area contributed by atoms with Gasteiger partial charge < -0.3 is 14.8 Å². The van der Waals surface area contributed by atoms with Crippen LogP contribution in [0.25, 0.3) is 0 Å². The van der Waals surface area contributed by atoms with Gasteiger partial charge in [0.1, 0.15) is 0 Å². The van der Waals surface area contributed by atoms with Crippen LogP contribution in [0.4, 0.5) is 0 Å². The Morgan fingerprint density at radius 3 is 2.71 bits per heavy atom. The Kier molecular flexibility index (Phi) is 4.85. The van der Waals surface area contributed by atoms with Crippen molar-refractivity contribution in [1.82, 2.24) is 5.32 Å². The Hall–Kier alpha value is -0.120. The normalized spacial score (nSPS) is 25.5. The highest BCUT2D eigenvalue weighted by Crippen LogP contribution is 2.21. The van der Waals surface area contributed by atoms with Crippen LogP contribution in [0.5, 0.6) is 0 Å². The van der Waals surface area contributed by atoms with Crippen molar-refractivity contribution in [3.8, 4) is 0 Å². The predicted octanol–water partition coefficient (Wildman–Crippen LogP) is 1.92. The van der Waals surface area contributed by atoms with Gasteiger partial charge in [0.05, 0.1) is 12.7 Å². The summed E-state index contributed by atoms with van der Waals surface area (Å²) in [5.74, 6) is -0.379. The number of hydrogen-bond acceptors (Lipinski definition) is 3. The van der Waals surface area contributed by atoms with Crippen LogP contribution < -0.4 is 5.32 Å². The molecule has 1 saturated heterocycles.